The van der Waals surface area contributed by atoms with E-state index in [1.165, 1.54) is 55.2 Å². The van der Waals surface area contributed by atoms with Gasteiger partial charge in [0.25, 0.3) is 0 Å². The van der Waals surface area contributed by atoms with Crippen LogP contribution >= 0.6 is 11.3 Å². The number of hydrogen-bond acceptors (Lipinski definition) is 2. The van der Waals surface area contributed by atoms with Crippen LogP contribution in [-0.2, 0) is 6.42 Å². The molecule has 1 saturated carbocycles. The lowest BCUT2D eigenvalue weighted by molar-refractivity contribution is 0.173. The van der Waals surface area contributed by atoms with Crippen molar-refractivity contribution in [3.8, 4) is 16.9 Å². The molecule has 32 heavy (non-hydrogen) atoms. The number of fused-ring (bicyclic) bond motifs is 1. The van der Waals surface area contributed by atoms with Crippen molar-refractivity contribution in [2.75, 3.05) is 6.61 Å². The first-order valence-corrected chi connectivity index (χ1v) is 12.7. The summed E-state index contributed by atoms with van der Waals surface area (Å²) in [6.07, 6.45) is 8.83. The summed E-state index contributed by atoms with van der Waals surface area (Å²) in [5.41, 5.74) is 0.0133. The fraction of sp³-hybridized carbons (Fsp3) is 0.481. The highest BCUT2D eigenvalue weighted by molar-refractivity contribution is 7.19. The molecule has 1 fully saturated rings. The van der Waals surface area contributed by atoms with Crippen molar-refractivity contribution in [2.45, 2.75) is 65.2 Å². The summed E-state index contributed by atoms with van der Waals surface area (Å²) in [6, 6.07) is 8.14. The molecule has 0 N–H and O–H groups in total. The van der Waals surface area contributed by atoms with Crippen LogP contribution in [0.4, 0.5) is 13.2 Å². The van der Waals surface area contributed by atoms with Gasteiger partial charge >= 0.3 is 0 Å². The zero-order valence-corrected chi connectivity index (χ0v) is 19.7. The molecule has 5 heteroatoms. The molecule has 0 unspecified atom stereocenters. The van der Waals surface area contributed by atoms with Gasteiger partial charge in [-0.15, -0.1) is 11.3 Å². The van der Waals surface area contributed by atoms with Crippen LogP contribution in [-0.4, -0.2) is 6.61 Å². The SMILES string of the molecule is CCCc1cc2ccc(-c3ccc(OCC4CCC(CCC)CC4)c(F)c3F)c(F)c2s1. The first-order valence-electron chi connectivity index (χ1n) is 11.8. The van der Waals surface area contributed by atoms with Gasteiger partial charge in [0.05, 0.1) is 11.3 Å². The molecule has 0 aliphatic heterocycles. The Balaban J connectivity index is 1.50. The Kier molecular flexibility index (Phi) is 7.44. The molecule has 0 amide bonds. The summed E-state index contributed by atoms with van der Waals surface area (Å²) >= 11 is 1.38. The van der Waals surface area contributed by atoms with E-state index in [2.05, 4.69) is 13.8 Å². The van der Waals surface area contributed by atoms with Crippen LogP contribution in [0.1, 0.15) is 63.7 Å². The van der Waals surface area contributed by atoms with E-state index in [4.69, 9.17) is 4.74 Å². The van der Waals surface area contributed by atoms with Crippen LogP contribution in [0.2, 0.25) is 0 Å². The maximum absolute atomic E-state index is 15.2. The number of ether oxygens (including phenoxy) is 1. The summed E-state index contributed by atoms with van der Waals surface area (Å²) in [6.45, 7) is 4.68. The maximum atomic E-state index is 15.2. The Bertz CT molecular complexity index is 1070. The van der Waals surface area contributed by atoms with Gasteiger partial charge in [0.15, 0.2) is 11.6 Å². The highest BCUT2D eigenvalue weighted by Crippen LogP contribution is 2.38. The van der Waals surface area contributed by atoms with Gasteiger partial charge in [-0.2, -0.15) is 4.39 Å². The first kappa shape index (κ1) is 23.2. The van der Waals surface area contributed by atoms with Crippen molar-refractivity contribution in [1.29, 1.82) is 0 Å². The van der Waals surface area contributed by atoms with E-state index in [0.29, 0.717) is 17.2 Å². The lowest BCUT2D eigenvalue weighted by atomic mass is 9.80. The number of hydrogen-bond donors (Lipinski definition) is 0. The Hall–Kier alpha value is -2.01. The van der Waals surface area contributed by atoms with Crippen molar-refractivity contribution < 1.29 is 17.9 Å². The molecule has 0 bridgehead atoms. The smallest absolute Gasteiger partial charge is 0.201 e. The van der Waals surface area contributed by atoms with Crippen LogP contribution in [0.15, 0.2) is 30.3 Å². The molecule has 1 heterocycles. The molecule has 4 rings (SSSR count). The number of benzene rings is 2. The van der Waals surface area contributed by atoms with Crippen LogP contribution in [0, 0.1) is 29.3 Å². The molecule has 0 spiro atoms. The highest BCUT2D eigenvalue weighted by atomic mass is 32.1. The van der Waals surface area contributed by atoms with E-state index >= 15 is 4.39 Å². The molecule has 1 aromatic heterocycles. The van der Waals surface area contributed by atoms with Gasteiger partial charge in [-0.05, 0) is 54.7 Å². The third-order valence-electron chi connectivity index (χ3n) is 6.65. The molecule has 2 aromatic carbocycles. The van der Waals surface area contributed by atoms with Gasteiger partial charge in [-0.3, -0.25) is 0 Å². The number of aryl methyl sites for hydroxylation is 1. The van der Waals surface area contributed by atoms with Crippen LogP contribution in [0.3, 0.4) is 0 Å². The summed E-state index contributed by atoms with van der Waals surface area (Å²) < 4.78 is 51.1. The molecule has 1 nitrogen and oxygen atoms in total. The van der Waals surface area contributed by atoms with Crippen LogP contribution in [0.5, 0.6) is 5.75 Å². The van der Waals surface area contributed by atoms with Crippen LogP contribution < -0.4 is 4.74 Å². The largest absolute Gasteiger partial charge is 0.490 e. The normalized spacial score (nSPS) is 18.9. The van der Waals surface area contributed by atoms with E-state index in [1.807, 2.05) is 6.07 Å². The average molecular weight is 461 g/mol. The van der Waals surface area contributed by atoms with Crippen molar-refractivity contribution in [2.24, 2.45) is 11.8 Å². The molecule has 3 aromatic rings. The minimum atomic E-state index is -1.06. The van der Waals surface area contributed by atoms with Gasteiger partial charge in [0.2, 0.25) is 5.82 Å². The van der Waals surface area contributed by atoms with E-state index < -0.39 is 17.5 Å². The first-order chi connectivity index (χ1) is 15.5. The zero-order valence-electron chi connectivity index (χ0n) is 18.9. The zero-order chi connectivity index (χ0) is 22.7. The minimum absolute atomic E-state index is 0.0697. The summed E-state index contributed by atoms with van der Waals surface area (Å²) in [4.78, 5) is 1.10. The fourth-order valence-corrected chi connectivity index (χ4v) is 6.05. The lowest BCUT2D eigenvalue weighted by Crippen LogP contribution is -2.20. The minimum Gasteiger partial charge on any atom is -0.490 e. The number of thiophene rings is 1. The molecule has 0 atom stereocenters. The van der Waals surface area contributed by atoms with E-state index in [9.17, 15) is 8.78 Å². The molecular weight excluding hydrogens is 429 g/mol. The van der Waals surface area contributed by atoms with Gasteiger partial charge < -0.3 is 4.74 Å². The molecule has 0 radical (unpaired) electrons. The quantitative estimate of drug-likeness (QED) is 0.326. The van der Waals surface area contributed by atoms with Gasteiger partial charge in [-0.1, -0.05) is 58.1 Å². The van der Waals surface area contributed by atoms with E-state index in [1.54, 1.807) is 6.07 Å². The van der Waals surface area contributed by atoms with Crippen molar-refractivity contribution in [1.82, 2.24) is 0 Å². The lowest BCUT2D eigenvalue weighted by Gasteiger charge is -2.28. The predicted molar refractivity (Wildman–Crippen MR) is 127 cm³/mol. The van der Waals surface area contributed by atoms with Gasteiger partial charge in [-0.25, -0.2) is 8.78 Å². The van der Waals surface area contributed by atoms with Crippen molar-refractivity contribution in [3.05, 3.63) is 52.7 Å². The third-order valence-corrected chi connectivity index (χ3v) is 7.85. The second-order valence-corrected chi connectivity index (χ2v) is 10.2. The average Bonchev–Trinajstić information content (AvgIpc) is 3.21. The van der Waals surface area contributed by atoms with Gasteiger partial charge in [0.1, 0.15) is 5.82 Å². The second-order valence-electron chi connectivity index (χ2n) is 9.03. The molecule has 172 valence electrons. The Morgan fingerprint density at radius 3 is 2.25 bits per heavy atom. The second kappa shape index (κ2) is 10.3. The van der Waals surface area contributed by atoms with Crippen molar-refractivity contribution >= 4 is 21.4 Å². The summed E-state index contributed by atoms with van der Waals surface area (Å²) in [5.74, 6) is -1.52. The highest BCUT2D eigenvalue weighted by Gasteiger charge is 2.23. The summed E-state index contributed by atoms with van der Waals surface area (Å²) in [5, 5.41) is 0.800. The van der Waals surface area contributed by atoms with Crippen molar-refractivity contribution in [3.63, 3.8) is 0 Å². The predicted octanol–water partition coefficient (Wildman–Crippen LogP) is 8.92. The molecule has 1 aliphatic rings. The van der Waals surface area contributed by atoms with Crippen LogP contribution in [0.25, 0.3) is 21.2 Å². The summed E-state index contributed by atoms with van der Waals surface area (Å²) in [7, 11) is 0. The Morgan fingerprint density at radius 2 is 1.53 bits per heavy atom. The van der Waals surface area contributed by atoms with E-state index in [0.717, 1.165) is 41.9 Å². The maximum Gasteiger partial charge on any atom is 0.201 e. The Labute approximate surface area is 192 Å². The monoisotopic (exact) mass is 460 g/mol. The standard InChI is InChI=1S/C27H31F3OS/c1-3-5-17-7-9-18(10-8-17)16-31-23-14-13-21(24(28)26(23)30)22-12-11-19-15-20(6-4-2)32-27(19)25(22)29/h11-15,17-18H,3-10,16H2,1-2H3. The topological polar surface area (TPSA) is 9.23 Å². The Morgan fingerprint density at radius 1 is 0.844 bits per heavy atom. The molecular formula is C27H31F3OS. The fourth-order valence-electron chi connectivity index (χ4n) is 4.85. The third kappa shape index (κ3) is 4.83. The molecule has 1 aliphatic carbocycles. The van der Waals surface area contributed by atoms with E-state index in [-0.39, 0.29) is 16.9 Å². The number of halogens is 3. The van der Waals surface area contributed by atoms with Gasteiger partial charge in [0, 0.05) is 16.0 Å². The number of rotatable bonds is 8. The molecule has 0 saturated heterocycles.